The smallest absolute Gasteiger partial charge is 0.444 e. The zero-order valence-corrected chi connectivity index (χ0v) is 15.4. The van der Waals surface area contributed by atoms with E-state index >= 15 is 0 Å². The van der Waals surface area contributed by atoms with Gasteiger partial charge in [0.15, 0.2) is 0 Å². The van der Waals surface area contributed by atoms with Crippen molar-refractivity contribution in [2.24, 2.45) is 0 Å². The SMILES string of the molecule is CC(C)(C)OC(=O)N1C[C@@H](F)[C@@H](N(CCN2CC(F)C2)C(=O)C(F)(F)F)C1. The number of nitrogens with zero attached hydrogens (tertiary/aromatic N) is 3. The number of hydrogen-bond acceptors (Lipinski definition) is 4. The van der Waals surface area contributed by atoms with Crippen LogP contribution in [0.1, 0.15) is 20.8 Å². The van der Waals surface area contributed by atoms with Crippen molar-refractivity contribution in [2.75, 3.05) is 39.3 Å². The van der Waals surface area contributed by atoms with E-state index in [1.54, 1.807) is 20.8 Å². The summed E-state index contributed by atoms with van der Waals surface area (Å²) in [5.74, 6) is -2.17. The van der Waals surface area contributed by atoms with Gasteiger partial charge in [-0.05, 0) is 20.8 Å². The van der Waals surface area contributed by atoms with Crippen LogP contribution in [0, 0.1) is 0 Å². The quantitative estimate of drug-likeness (QED) is 0.677. The third-order valence-corrected chi connectivity index (χ3v) is 4.34. The molecule has 0 aliphatic carbocycles. The predicted octanol–water partition coefficient (Wildman–Crippen LogP) is 1.99. The maximum absolute atomic E-state index is 14.4. The van der Waals surface area contributed by atoms with E-state index in [4.69, 9.17) is 4.74 Å². The van der Waals surface area contributed by atoms with Crippen LogP contribution in [0.5, 0.6) is 0 Å². The molecule has 2 atom stereocenters. The maximum Gasteiger partial charge on any atom is 0.471 e. The second kappa shape index (κ2) is 7.76. The number of halogens is 5. The molecule has 0 N–H and O–H groups in total. The number of carbonyl (C=O) groups is 2. The van der Waals surface area contributed by atoms with Gasteiger partial charge < -0.3 is 14.5 Å². The Hall–Kier alpha value is -1.65. The number of alkyl halides is 5. The highest BCUT2D eigenvalue weighted by atomic mass is 19.4. The lowest BCUT2D eigenvalue weighted by molar-refractivity contribution is -0.188. The van der Waals surface area contributed by atoms with Crippen molar-refractivity contribution in [1.82, 2.24) is 14.7 Å². The van der Waals surface area contributed by atoms with Crippen LogP contribution in [0.2, 0.25) is 0 Å². The third-order valence-electron chi connectivity index (χ3n) is 4.34. The minimum atomic E-state index is -5.17. The van der Waals surface area contributed by atoms with Crippen LogP contribution in [0.3, 0.4) is 0 Å². The van der Waals surface area contributed by atoms with Crippen LogP contribution in [0.4, 0.5) is 26.7 Å². The summed E-state index contributed by atoms with van der Waals surface area (Å²) in [5.41, 5.74) is -0.844. The van der Waals surface area contributed by atoms with Gasteiger partial charge in [0.2, 0.25) is 0 Å². The van der Waals surface area contributed by atoms with E-state index < -0.39 is 61.8 Å². The van der Waals surface area contributed by atoms with Crippen molar-refractivity contribution in [3.63, 3.8) is 0 Å². The molecule has 0 radical (unpaired) electrons. The molecule has 2 aliphatic heterocycles. The fourth-order valence-corrected chi connectivity index (χ4v) is 3.04. The first kappa shape index (κ1) is 21.6. The van der Waals surface area contributed by atoms with Crippen LogP contribution in [0.25, 0.3) is 0 Å². The first-order valence-corrected chi connectivity index (χ1v) is 8.64. The number of amides is 2. The van der Waals surface area contributed by atoms with Crippen molar-refractivity contribution in [3.05, 3.63) is 0 Å². The summed E-state index contributed by atoms with van der Waals surface area (Å²) in [5, 5.41) is 0. The summed E-state index contributed by atoms with van der Waals surface area (Å²) in [6.45, 7) is 3.70. The molecular weight excluding hydrogens is 377 g/mol. The molecule has 6 nitrogen and oxygen atoms in total. The van der Waals surface area contributed by atoms with Crippen molar-refractivity contribution in [2.45, 2.75) is 50.9 Å². The van der Waals surface area contributed by atoms with Gasteiger partial charge in [-0.25, -0.2) is 13.6 Å². The molecule has 2 amide bonds. The lowest BCUT2D eigenvalue weighted by atomic mass is 10.1. The number of hydrogen-bond donors (Lipinski definition) is 0. The van der Waals surface area contributed by atoms with Crippen molar-refractivity contribution < 1.29 is 36.3 Å². The molecule has 27 heavy (non-hydrogen) atoms. The fraction of sp³-hybridized carbons (Fsp3) is 0.875. The summed E-state index contributed by atoms with van der Waals surface area (Å²) >= 11 is 0. The Morgan fingerprint density at radius 3 is 2.15 bits per heavy atom. The molecule has 0 aromatic carbocycles. The highest BCUT2D eigenvalue weighted by Gasteiger charge is 2.49. The topological polar surface area (TPSA) is 53.1 Å². The largest absolute Gasteiger partial charge is 0.471 e. The highest BCUT2D eigenvalue weighted by Crippen LogP contribution is 2.27. The zero-order valence-electron chi connectivity index (χ0n) is 15.4. The normalized spacial score (nSPS) is 24.7. The number of rotatable bonds is 4. The van der Waals surface area contributed by atoms with E-state index in [2.05, 4.69) is 0 Å². The molecule has 0 aromatic rings. The molecular formula is C16H24F5N3O3. The number of ether oxygens (including phenoxy) is 1. The Kier molecular flexibility index (Phi) is 6.23. The first-order chi connectivity index (χ1) is 12.3. The predicted molar refractivity (Wildman–Crippen MR) is 85.6 cm³/mol. The van der Waals surface area contributed by atoms with Gasteiger partial charge in [-0.3, -0.25) is 9.69 Å². The Balaban J connectivity index is 2.07. The Labute approximate surface area is 154 Å². The molecule has 11 heteroatoms. The van der Waals surface area contributed by atoms with E-state index in [1.165, 1.54) is 4.90 Å². The van der Waals surface area contributed by atoms with E-state index in [1.807, 2.05) is 0 Å². The first-order valence-electron chi connectivity index (χ1n) is 8.64. The van der Waals surface area contributed by atoms with E-state index in [9.17, 15) is 31.5 Å². The lowest BCUT2D eigenvalue weighted by Gasteiger charge is -2.37. The van der Waals surface area contributed by atoms with Crippen LogP contribution in [-0.2, 0) is 9.53 Å². The number of carbonyl (C=O) groups excluding carboxylic acids is 2. The van der Waals surface area contributed by atoms with Crippen molar-refractivity contribution >= 4 is 12.0 Å². The Morgan fingerprint density at radius 2 is 1.67 bits per heavy atom. The molecule has 0 spiro atoms. The van der Waals surface area contributed by atoms with Crippen molar-refractivity contribution in [1.29, 1.82) is 0 Å². The van der Waals surface area contributed by atoms with Gasteiger partial charge in [-0.15, -0.1) is 0 Å². The van der Waals surface area contributed by atoms with Crippen molar-refractivity contribution in [3.8, 4) is 0 Å². The summed E-state index contributed by atoms with van der Waals surface area (Å²) in [6.07, 6.45) is -8.90. The molecule has 2 fully saturated rings. The summed E-state index contributed by atoms with van der Waals surface area (Å²) in [6, 6.07) is -1.44. The summed E-state index contributed by atoms with van der Waals surface area (Å²) in [7, 11) is 0. The summed E-state index contributed by atoms with van der Waals surface area (Å²) in [4.78, 5) is 26.8. The molecule has 2 heterocycles. The second-order valence-corrected chi connectivity index (χ2v) is 7.82. The van der Waals surface area contributed by atoms with E-state index in [0.29, 0.717) is 4.90 Å². The average molecular weight is 401 g/mol. The highest BCUT2D eigenvalue weighted by molar-refractivity contribution is 5.82. The molecule has 156 valence electrons. The standard InChI is InChI=1S/C16H24F5N3O3/c1-15(2,3)27-14(26)23-8-11(18)12(9-23)24(13(25)16(19,20)21)5-4-22-6-10(17)7-22/h10-12H,4-9H2,1-3H3/t11-,12+/m1/s1. The van der Waals surface area contributed by atoms with Crippen LogP contribution in [-0.4, -0.2) is 96.1 Å². The summed E-state index contributed by atoms with van der Waals surface area (Å²) < 4.78 is 71.2. The van der Waals surface area contributed by atoms with Gasteiger partial charge in [0, 0.05) is 32.7 Å². The molecule has 2 rings (SSSR count). The van der Waals surface area contributed by atoms with Crippen LogP contribution in [0.15, 0.2) is 0 Å². The molecule has 0 aromatic heterocycles. The number of likely N-dealkylation sites (tertiary alicyclic amines) is 2. The second-order valence-electron chi connectivity index (χ2n) is 7.82. The van der Waals surface area contributed by atoms with Gasteiger partial charge in [0.1, 0.15) is 17.9 Å². The fourth-order valence-electron chi connectivity index (χ4n) is 3.04. The molecule has 2 saturated heterocycles. The van der Waals surface area contributed by atoms with Gasteiger partial charge >= 0.3 is 18.2 Å². The Bertz CT molecular complexity index is 560. The van der Waals surface area contributed by atoms with Gasteiger partial charge in [-0.1, -0.05) is 0 Å². The van der Waals surface area contributed by atoms with Crippen LogP contribution >= 0.6 is 0 Å². The van der Waals surface area contributed by atoms with Gasteiger partial charge in [0.25, 0.3) is 0 Å². The molecule has 0 bridgehead atoms. The lowest BCUT2D eigenvalue weighted by Crippen LogP contribution is -2.56. The molecule has 0 unspecified atom stereocenters. The van der Waals surface area contributed by atoms with Gasteiger partial charge in [-0.2, -0.15) is 13.2 Å². The maximum atomic E-state index is 14.4. The van der Waals surface area contributed by atoms with Gasteiger partial charge in [0.05, 0.1) is 12.6 Å². The van der Waals surface area contributed by atoms with Crippen LogP contribution < -0.4 is 0 Å². The van der Waals surface area contributed by atoms with E-state index in [0.717, 1.165) is 4.90 Å². The minimum absolute atomic E-state index is 0.00209. The minimum Gasteiger partial charge on any atom is -0.444 e. The monoisotopic (exact) mass is 401 g/mol. The molecule has 2 aliphatic rings. The Morgan fingerprint density at radius 1 is 1.07 bits per heavy atom. The zero-order chi connectivity index (χ0) is 20.6. The average Bonchev–Trinajstić information content (AvgIpc) is 2.84. The molecule has 0 saturated carbocycles. The van der Waals surface area contributed by atoms with E-state index in [-0.39, 0.29) is 19.6 Å². The third kappa shape index (κ3) is 5.66.